The maximum atomic E-state index is 13.1. The van der Waals surface area contributed by atoms with E-state index in [2.05, 4.69) is 15.1 Å². The molecular formula is C19H24ClN5O3S2. The van der Waals surface area contributed by atoms with Crippen LogP contribution < -0.4 is 4.90 Å². The molecule has 1 aromatic heterocycles. The first-order chi connectivity index (χ1) is 14.4. The number of halogens is 1. The van der Waals surface area contributed by atoms with E-state index in [-0.39, 0.29) is 21.4 Å². The van der Waals surface area contributed by atoms with E-state index in [9.17, 15) is 13.2 Å². The molecule has 30 heavy (non-hydrogen) atoms. The third-order valence-corrected chi connectivity index (χ3v) is 8.60. The van der Waals surface area contributed by atoms with Gasteiger partial charge >= 0.3 is 0 Å². The van der Waals surface area contributed by atoms with Crippen LogP contribution in [0.25, 0.3) is 0 Å². The van der Waals surface area contributed by atoms with Crippen LogP contribution in [0.1, 0.15) is 34.6 Å². The number of nitrogens with zero attached hydrogens (tertiary/aromatic N) is 5. The van der Waals surface area contributed by atoms with Gasteiger partial charge in [0.2, 0.25) is 15.2 Å². The zero-order valence-electron chi connectivity index (χ0n) is 16.8. The third kappa shape index (κ3) is 4.32. The second kappa shape index (κ2) is 8.78. The molecule has 11 heteroatoms. The SMILES string of the molecule is Cc1nnc(N2CCN(C(=O)c3cc(S(=O)(=O)N4CCCCC4)ccc3Cl)CC2)s1. The van der Waals surface area contributed by atoms with Gasteiger partial charge in [0.25, 0.3) is 5.91 Å². The van der Waals surface area contributed by atoms with Crippen molar-refractivity contribution in [2.45, 2.75) is 31.1 Å². The maximum absolute atomic E-state index is 13.1. The predicted molar refractivity (Wildman–Crippen MR) is 117 cm³/mol. The van der Waals surface area contributed by atoms with E-state index in [0.717, 1.165) is 29.4 Å². The molecule has 8 nitrogen and oxygen atoms in total. The van der Waals surface area contributed by atoms with Crippen molar-refractivity contribution in [2.24, 2.45) is 0 Å². The zero-order valence-corrected chi connectivity index (χ0v) is 19.1. The smallest absolute Gasteiger partial charge is 0.255 e. The number of anilines is 1. The molecule has 0 aliphatic carbocycles. The van der Waals surface area contributed by atoms with Gasteiger partial charge in [-0.25, -0.2) is 8.42 Å². The summed E-state index contributed by atoms with van der Waals surface area (Å²) in [6.45, 7) is 5.25. The molecule has 0 atom stereocenters. The van der Waals surface area contributed by atoms with Crippen LogP contribution in [0.4, 0.5) is 5.13 Å². The minimum Gasteiger partial charge on any atom is -0.343 e. The average Bonchev–Trinajstić information content (AvgIpc) is 3.20. The summed E-state index contributed by atoms with van der Waals surface area (Å²) in [5.41, 5.74) is 0.231. The summed E-state index contributed by atoms with van der Waals surface area (Å²) in [5, 5.41) is 10.2. The van der Waals surface area contributed by atoms with Crippen LogP contribution in [0.2, 0.25) is 5.02 Å². The van der Waals surface area contributed by atoms with E-state index >= 15 is 0 Å². The highest BCUT2D eigenvalue weighted by atomic mass is 35.5. The Hall–Kier alpha value is -1.75. The fourth-order valence-corrected chi connectivity index (χ4v) is 6.25. The van der Waals surface area contributed by atoms with Gasteiger partial charge in [-0.1, -0.05) is 29.4 Å². The number of hydrogen-bond donors (Lipinski definition) is 0. The fraction of sp³-hybridized carbons (Fsp3) is 0.526. The molecule has 0 spiro atoms. The van der Waals surface area contributed by atoms with E-state index in [0.29, 0.717) is 39.3 Å². The van der Waals surface area contributed by atoms with Crippen molar-refractivity contribution in [1.82, 2.24) is 19.4 Å². The van der Waals surface area contributed by atoms with Gasteiger partial charge in [0.1, 0.15) is 5.01 Å². The fourth-order valence-electron chi connectivity index (χ4n) is 3.77. The van der Waals surface area contributed by atoms with Gasteiger partial charge in [0.05, 0.1) is 15.5 Å². The summed E-state index contributed by atoms with van der Waals surface area (Å²) in [5.74, 6) is -0.246. The molecule has 162 valence electrons. The monoisotopic (exact) mass is 469 g/mol. The number of sulfonamides is 1. The van der Waals surface area contributed by atoms with Gasteiger partial charge in [0, 0.05) is 39.3 Å². The highest BCUT2D eigenvalue weighted by Gasteiger charge is 2.29. The highest BCUT2D eigenvalue weighted by Crippen LogP contribution is 2.27. The third-order valence-electron chi connectivity index (χ3n) is 5.47. The van der Waals surface area contributed by atoms with E-state index in [1.807, 2.05) is 6.92 Å². The number of piperazine rings is 1. The Morgan fingerprint density at radius 3 is 2.37 bits per heavy atom. The molecular weight excluding hydrogens is 446 g/mol. The van der Waals surface area contributed by atoms with Crippen LogP contribution in [-0.4, -0.2) is 73.0 Å². The molecule has 1 amide bonds. The molecule has 4 rings (SSSR count). The van der Waals surface area contributed by atoms with Gasteiger partial charge in [-0.05, 0) is 38.0 Å². The van der Waals surface area contributed by atoms with Crippen molar-refractivity contribution in [3.8, 4) is 0 Å². The first-order valence-electron chi connectivity index (χ1n) is 10.0. The normalized spacial score (nSPS) is 18.6. The van der Waals surface area contributed by atoms with E-state index in [1.54, 1.807) is 4.90 Å². The zero-order chi connectivity index (χ0) is 21.3. The van der Waals surface area contributed by atoms with Crippen LogP contribution in [0.3, 0.4) is 0 Å². The molecule has 0 unspecified atom stereocenters. The highest BCUT2D eigenvalue weighted by molar-refractivity contribution is 7.89. The first-order valence-corrected chi connectivity index (χ1v) is 12.6. The minimum atomic E-state index is -3.63. The van der Waals surface area contributed by atoms with Crippen molar-refractivity contribution >= 4 is 44.0 Å². The Balaban J connectivity index is 1.50. The standard InChI is InChI=1S/C19H24ClN5O3S2/c1-14-21-22-19(29-14)24-11-9-23(10-12-24)18(26)16-13-15(5-6-17(16)20)30(27,28)25-7-3-2-4-8-25/h5-6,13H,2-4,7-12H2,1H3. The Labute approximate surface area is 185 Å². The van der Waals surface area contributed by atoms with Crippen LogP contribution in [-0.2, 0) is 10.0 Å². The number of piperidine rings is 1. The average molecular weight is 470 g/mol. The van der Waals surface area contributed by atoms with E-state index in [1.165, 1.54) is 33.8 Å². The minimum absolute atomic E-state index is 0.125. The molecule has 2 aliphatic rings. The number of aromatic nitrogens is 2. The van der Waals surface area contributed by atoms with Crippen molar-refractivity contribution in [3.05, 3.63) is 33.8 Å². The number of hydrogen-bond acceptors (Lipinski definition) is 7. The lowest BCUT2D eigenvalue weighted by Gasteiger charge is -2.34. The summed E-state index contributed by atoms with van der Waals surface area (Å²) in [7, 11) is -3.63. The molecule has 2 saturated heterocycles. The summed E-state index contributed by atoms with van der Waals surface area (Å²) in [6.07, 6.45) is 2.76. The first kappa shape index (κ1) is 21.5. The quantitative estimate of drug-likeness (QED) is 0.684. The number of carbonyl (C=O) groups excluding carboxylic acids is 1. The van der Waals surface area contributed by atoms with Crippen LogP contribution in [0, 0.1) is 6.92 Å². The molecule has 0 radical (unpaired) electrons. The number of carbonyl (C=O) groups is 1. The largest absolute Gasteiger partial charge is 0.343 e. The van der Waals surface area contributed by atoms with Gasteiger partial charge in [-0.3, -0.25) is 4.79 Å². The Morgan fingerprint density at radius 1 is 1.03 bits per heavy atom. The molecule has 1 aromatic carbocycles. The van der Waals surface area contributed by atoms with Crippen molar-refractivity contribution in [3.63, 3.8) is 0 Å². The number of benzene rings is 1. The van der Waals surface area contributed by atoms with Crippen LogP contribution in [0.5, 0.6) is 0 Å². The molecule has 2 aliphatic heterocycles. The Kier molecular flexibility index (Phi) is 6.29. The predicted octanol–water partition coefficient (Wildman–Crippen LogP) is 2.64. The van der Waals surface area contributed by atoms with E-state index in [4.69, 9.17) is 11.6 Å². The van der Waals surface area contributed by atoms with Crippen molar-refractivity contribution < 1.29 is 13.2 Å². The molecule has 2 aromatic rings. The molecule has 2 fully saturated rings. The summed E-state index contributed by atoms with van der Waals surface area (Å²) in [4.78, 5) is 17.1. The summed E-state index contributed by atoms with van der Waals surface area (Å²) < 4.78 is 27.5. The lowest BCUT2D eigenvalue weighted by atomic mass is 10.2. The maximum Gasteiger partial charge on any atom is 0.255 e. The molecule has 0 bridgehead atoms. The van der Waals surface area contributed by atoms with Crippen LogP contribution in [0.15, 0.2) is 23.1 Å². The van der Waals surface area contributed by atoms with Gasteiger partial charge in [-0.15, -0.1) is 10.2 Å². The Morgan fingerprint density at radius 2 is 1.73 bits per heavy atom. The number of amides is 1. The van der Waals surface area contributed by atoms with Crippen molar-refractivity contribution in [1.29, 1.82) is 0 Å². The number of rotatable bonds is 4. The Bertz CT molecular complexity index is 1030. The van der Waals surface area contributed by atoms with E-state index < -0.39 is 10.0 Å². The second-order valence-corrected chi connectivity index (χ2v) is 11.0. The van der Waals surface area contributed by atoms with Gasteiger partial charge in [-0.2, -0.15) is 4.31 Å². The molecule has 3 heterocycles. The lowest BCUT2D eigenvalue weighted by molar-refractivity contribution is 0.0746. The second-order valence-electron chi connectivity index (χ2n) is 7.49. The lowest BCUT2D eigenvalue weighted by Crippen LogP contribution is -2.48. The van der Waals surface area contributed by atoms with Gasteiger partial charge in [0.15, 0.2) is 0 Å². The summed E-state index contributed by atoms with van der Waals surface area (Å²) in [6, 6.07) is 4.42. The van der Waals surface area contributed by atoms with Crippen LogP contribution >= 0.6 is 22.9 Å². The summed E-state index contributed by atoms with van der Waals surface area (Å²) >= 11 is 7.82. The number of aryl methyl sites for hydroxylation is 1. The molecule has 0 saturated carbocycles. The topological polar surface area (TPSA) is 86.7 Å². The molecule has 0 N–H and O–H groups in total. The van der Waals surface area contributed by atoms with Crippen molar-refractivity contribution in [2.75, 3.05) is 44.2 Å². The van der Waals surface area contributed by atoms with Gasteiger partial charge < -0.3 is 9.80 Å².